The van der Waals surface area contributed by atoms with Crippen molar-refractivity contribution in [2.45, 2.75) is 26.7 Å². The van der Waals surface area contributed by atoms with Crippen LogP contribution >= 0.6 is 0 Å². The summed E-state index contributed by atoms with van der Waals surface area (Å²) in [6, 6.07) is 0. The summed E-state index contributed by atoms with van der Waals surface area (Å²) in [5.74, 6) is 2.74. The van der Waals surface area contributed by atoms with Crippen molar-refractivity contribution in [3.63, 3.8) is 0 Å². The number of nitrogens with one attached hydrogen (secondary N) is 1. The predicted octanol–water partition coefficient (Wildman–Crippen LogP) is 1.57. The molecule has 0 aromatic carbocycles. The molecule has 0 bridgehead atoms. The maximum Gasteiger partial charge on any atom is 0.00225 e. The zero-order chi connectivity index (χ0) is 9.97. The lowest BCUT2D eigenvalue weighted by Crippen LogP contribution is -2.41. The van der Waals surface area contributed by atoms with Crippen molar-refractivity contribution in [2.24, 2.45) is 17.8 Å². The van der Waals surface area contributed by atoms with E-state index < -0.39 is 0 Å². The van der Waals surface area contributed by atoms with Crippen LogP contribution in [0.5, 0.6) is 0 Å². The molecule has 14 heavy (non-hydrogen) atoms. The molecule has 0 radical (unpaired) electrons. The van der Waals surface area contributed by atoms with Crippen LogP contribution in [0.15, 0.2) is 0 Å². The first kappa shape index (κ1) is 10.4. The van der Waals surface area contributed by atoms with Gasteiger partial charge in [-0.1, -0.05) is 13.8 Å². The molecule has 2 heterocycles. The average Bonchev–Trinajstić information content (AvgIpc) is 2.54. The summed E-state index contributed by atoms with van der Waals surface area (Å²) in [6.07, 6.45) is 2.82. The molecule has 0 saturated carbocycles. The first-order chi connectivity index (χ1) is 6.74. The van der Waals surface area contributed by atoms with Gasteiger partial charge in [0.1, 0.15) is 0 Å². The Morgan fingerprint density at radius 1 is 1.21 bits per heavy atom. The number of hydrogen-bond donors (Lipinski definition) is 1. The van der Waals surface area contributed by atoms with Crippen LogP contribution < -0.4 is 5.32 Å². The Morgan fingerprint density at radius 2 is 1.93 bits per heavy atom. The van der Waals surface area contributed by atoms with Crippen LogP contribution in [0.3, 0.4) is 0 Å². The average molecular weight is 196 g/mol. The molecule has 2 aliphatic rings. The summed E-state index contributed by atoms with van der Waals surface area (Å²) in [4.78, 5) is 2.69. The van der Waals surface area contributed by atoms with Crippen LogP contribution in [-0.2, 0) is 0 Å². The lowest BCUT2D eigenvalue weighted by atomic mass is 9.91. The van der Waals surface area contributed by atoms with E-state index in [0.717, 1.165) is 17.8 Å². The van der Waals surface area contributed by atoms with E-state index in [1.54, 1.807) is 0 Å². The molecule has 82 valence electrons. The summed E-state index contributed by atoms with van der Waals surface area (Å²) < 4.78 is 0. The molecule has 2 unspecified atom stereocenters. The molecule has 2 saturated heterocycles. The van der Waals surface area contributed by atoms with Gasteiger partial charge in [-0.3, -0.25) is 0 Å². The maximum absolute atomic E-state index is 3.46. The van der Waals surface area contributed by atoms with Crippen LogP contribution in [0.1, 0.15) is 26.7 Å². The monoisotopic (exact) mass is 196 g/mol. The van der Waals surface area contributed by atoms with E-state index in [2.05, 4.69) is 24.1 Å². The summed E-state index contributed by atoms with van der Waals surface area (Å²) in [5, 5.41) is 3.46. The first-order valence-electron chi connectivity index (χ1n) is 6.17. The van der Waals surface area contributed by atoms with Crippen molar-refractivity contribution >= 4 is 0 Å². The van der Waals surface area contributed by atoms with Gasteiger partial charge in [0.15, 0.2) is 0 Å². The van der Waals surface area contributed by atoms with E-state index in [0.29, 0.717) is 0 Å². The second-order valence-corrected chi connectivity index (χ2v) is 5.52. The van der Waals surface area contributed by atoms with Crippen molar-refractivity contribution in [3.8, 4) is 0 Å². The quantitative estimate of drug-likeness (QED) is 0.721. The first-order valence-corrected chi connectivity index (χ1v) is 6.17. The van der Waals surface area contributed by atoms with Gasteiger partial charge in [-0.2, -0.15) is 0 Å². The highest BCUT2D eigenvalue weighted by molar-refractivity contribution is 4.80. The van der Waals surface area contributed by atoms with Crippen molar-refractivity contribution in [1.82, 2.24) is 10.2 Å². The van der Waals surface area contributed by atoms with Crippen LogP contribution in [0.25, 0.3) is 0 Å². The van der Waals surface area contributed by atoms with Gasteiger partial charge >= 0.3 is 0 Å². The minimum Gasteiger partial charge on any atom is -0.316 e. The third-order valence-corrected chi connectivity index (χ3v) is 3.62. The van der Waals surface area contributed by atoms with Crippen molar-refractivity contribution in [2.75, 3.05) is 32.7 Å². The molecule has 0 amide bonds. The minimum atomic E-state index is 0.910. The summed E-state index contributed by atoms with van der Waals surface area (Å²) >= 11 is 0. The van der Waals surface area contributed by atoms with Crippen LogP contribution in [0.2, 0.25) is 0 Å². The zero-order valence-corrected chi connectivity index (χ0v) is 9.63. The van der Waals surface area contributed by atoms with Crippen molar-refractivity contribution < 1.29 is 0 Å². The van der Waals surface area contributed by atoms with Gasteiger partial charge in [-0.05, 0) is 43.7 Å². The van der Waals surface area contributed by atoms with E-state index >= 15 is 0 Å². The van der Waals surface area contributed by atoms with Gasteiger partial charge in [0.2, 0.25) is 0 Å². The Kier molecular flexibility index (Phi) is 3.45. The lowest BCUT2D eigenvalue weighted by molar-refractivity contribution is 0.125. The topological polar surface area (TPSA) is 15.3 Å². The molecule has 2 heteroatoms. The van der Waals surface area contributed by atoms with E-state index in [1.807, 2.05) is 0 Å². The van der Waals surface area contributed by atoms with Gasteiger partial charge in [0, 0.05) is 19.6 Å². The van der Waals surface area contributed by atoms with E-state index in [1.165, 1.54) is 45.6 Å². The SMILES string of the molecule is CC1CC(C)CN(C[C@H]2CCNC2)C1. The van der Waals surface area contributed by atoms with E-state index in [4.69, 9.17) is 0 Å². The van der Waals surface area contributed by atoms with Gasteiger partial charge in [0.25, 0.3) is 0 Å². The third kappa shape index (κ3) is 2.71. The number of hydrogen-bond acceptors (Lipinski definition) is 2. The Bertz CT molecular complexity index is 165. The van der Waals surface area contributed by atoms with Crippen molar-refractivity contribution in [1.29, 1.82) is 0 Å². The number of rotatable bonds is 2. The summed E-state index contributed by atoms with van der Waals surface area (Å²) in [5.41, 5.74) is 0. The number of likely N-dealkylation sites (tertiary alicyclic amines) is 1. The Morgan fingerprint density at radius 3 is 2.50 bits per heavy atom. The predicted molar refractivity (Wildman–Crippen MR) is 60.4 cm³/mol. The number of piperidine rings is 1. The van der Waals surface area contributed by atoms with E-state index in [9.17, 15) is 0 Å². The normalized spacial score (nSPS) is 40.3. The Balaban J connectivity index is 1.78. The lowest BCUT2D eigenvalue weighted by Gasteiger charge is -2.36. The highest BCUT2D eigenvalue weighted by Crippen LogP contribution is 2.22. The van der Waals surface area contributed by atoms with Gasteiger partial charge in [-0.25, -0.2) is 0 Å². The molecule has 2 nitrogen and oxygen atoms in total. The largest absolute Gasteiger partial charge is 0.316 e. The molecule has 2 aliphatic heterocycles. The minimum absolute atomic E-state index is 0.910. The van der Waals surface area contributed by atoms with Gasteiger partial charge in [0.05, 0.1) is 0 Å². The summed E-state index contributed by atoms with van der Waals surface area (Å²) in [6.45, 7) is 11.3. The fourth-order valence-electron chi connectivity index (χ4n) is 3.18. The molecular weight excluding hydrogens is 172 g/mol. The molecule has 2 fully saturated rings. The standard InChI is InChI=1S/C12H24N2/c1-10-5-11(2)8-14(7-10)9-12-3-4-13-6-12/h10-13H,3-9H2,1-2H3/t10?,11?,12-/m0/s1. The molecule has 0 aromatic rings. The maximum atomic E-state index is 3.46. The van der Waals surface area contributed by atoms with Crippen LogP contribution in [0, 0.1) is 17.8 Å². The molecule has 2 rings (SSSR count). The molecule has 1 N–H and O–H groups in total. The van der Waals surface area contributed by atoms with Crippen molar-refractivity contribution in [3.05, 3.63) is 0 Å². The fraction of sp³-hybridized carbons (Fsp3) is 1.00. The Labute approximate surface area is 88.1 Å². The van der Waals surface area contributed by atoms with Crippen LogP contribution in [-0.4, -0.2) is 37.6 Å². The second-order valence-electron chi connectivity index (χ2n) is 5.52. The molecule has 0 spiro atoms. The van der Waals surface area contributed by atoms with Gasteiger partial charge < -0.3 is 10.2 Å². The van der Waals surface area contributed by atoms with Crippen LogP contribution in [0.4, 0.5) is 0 Å². The fourth-order valence-corrected chi connectivity index (χ4v) is 3.18. The molecular formula is C12H24N2. The molecule has 3 atom stereocenters. The Hall–Kier alpha value is -0.0800. The highest BCUT2D eigenvalue weighted by atomic mass is 15.1. The second kappa shape index (κ2) is 4.63. The molecule has 0 aromatic heterocycles. The zero-order valence-electron chi connectivity index (χ0n) is 9.63. The summed E-state index contributed by atoms with van der Waals surface area (Å²) in [7, 11) is 0. The third-order valence-electron chi connectivity index (χ3n) is 3.62. The highest BCUT2D eigenvalue weighted by Gasteiger charge is 2.24. The number of nitrogens with zero attached hydrogens (tertiary/aromatic N) is 1. The smallest absolute Gasteiger partial charge is 0.00225 e. The van der Waals surface area contributed by atoms with E-state index in [-0.39, 0.29) is 0 Å². The van der Waals surface area contributed by atoms with Gasteiger partial charge in [-0.15, -0.1) is 0 Å². The molecule has 0 aliphatic carbocycles.